The maximum absolute atomic E-state index is 12.4. The van der Waals surface area contributed by atoms with Gasteiger partial charge in [0.05, 0.1) is 5.56 Å². The molecule has 1 aliphatic heterocycles. The zero-order valence-electron chi connectivity index (χ0n) is 12.2. The highest BCUT2D eigenvalue weighted by Crippen LogP contribution is 2.20. The van der Waals surface area contributed by atoms with E-state index in [4.69, 9.17) is 5.73 Å². The highest BCUT2D eigenvalue weighted by molar-refractivity contribution is 9.10. The summed E-state index contributed by atoms with van der Waals surface area (Å²) in [6, 6.07) is 5.96. The molecule has 7 heteroatoms. The molecule has 120 valence electrons. The fourth-order valence-electron chi connectivity index (χ4n) is 2.34. The van der Waals surface area contributed by atoms with Crippen LogP contribution in [0, 0.1) is 0 Å². The minimum atomic E-state index is 0. The summed E-state index contributed by atoms with van der Waals surface area (Å²) >= 11 is 3.35. The van der Waals surface area contributed by atoms with Gasteiger partial charge in [-0.15, -0.1) is 24.8 Å². The number of nitrogens with zero attached hydrogens (tertiary/aromatic N) is 2. The van der Waals surface area contributed by atoms with Crippen molar-refractivity contribution in [2.45, 2.75) is 19.9 Å². The molecule has 1 amide bonds. The van der Waals surface area contributed by atoms with E-state index in [0.717, 1.165) is 30.7 Å². The van der Waals surface area contributed by atoms with E-state index in [2.05, 4.69) is 34.7 Å². The van der Waals surface area contributed by atoms with Gasteiger partial charge in [0.15, 0.2) is 0 Å². The molecule has 0 spiro atoms. The molecule has 1 aromatic rings. The van der Waals surface area contributed by atoms with Gasteiger partial charge in [-0.3, -0.25) is 9.69 Å². The van der Waals surface area contributed by atoms with Crippen molar-refractivity contribution >= 4 is 52.3 Å². The summed E-state index contributed by atoms with van der Waals surface area (Å²) < 4.78 is 0.895. The number of carbonyl (C=O) groups is 1. The summed E-state index contributed by atoms with van der Waals surface area (Å²) in [5, 5.41) is 0. The molecule has 0 atom stereocenters. The first-order valence-corrected chi connectivity index (χ1v) is 7.36. The van der Waals surface area contributed by atoms with Gasteiger partial charge in [0, 0.05) is 42.4 Å². The van der Waals surface area contributed by atoms with Gasteiger partial charge in [-0.2, -0.15) is 0 Å². The number of anilines is 1. The lowest BCUT2D eigenvalue weighted by molar-refractivity contribution is 0.0596. The van der Waals surface area contributed by atoms with E-state index in [9.17, 15) is 4.79 Å². The molecular formula is C14H22BrCl2N3O. The molecule has 0 aliphatic carbocycles. The number of piperazine rings is 1. The van der Waals surface area contributed by atoms with E-state index >= 15 is 0 Å². The number of hydrogen-bond donors (Lipinski definition) is 1. The van der Waals surface area contributed by atoms with Gasteiger partial charge < -0.3 is 10.6 Å². The van der Waals surface area contributed by atoms with Crippen LogP contribution in [0.1, 0.15) is 24.2 Å². The highest BCUT2D eigenvalue weighted by Gasteiger charge is 2.24. The van der Waals surface area contributed by atoms with E-state index < -0.39 is 0 Å². The first-order valence-electron chi connectivity index (χ1n) is 6.57. The third-order valence-corrected chi connectivity index (χ3v) is 4.07. The standard InChI is InChI=1S/C14H20BrN3O.2ClH/c1-10(2)17-5-7-18(8-6-17)14(19)12-4-3-11(15)9-13(12)16;;/h3-4,9-10H,5-8,16H2,1-2H3;2*1H. The van der Waals surface area contributed by atoms with Crippen LogP contribution in [-0.2, 0) is 0 Å². The fraction of sp³-hybridized carbons (Fsp3) is 0.500. The Hall–Kier alpha value is -0.490. The van der Waals surface area contributed by atoms with Crippen molar-refractivity contribution in [2.75, 3.05) is 31.9 Å². The van der Waals surface area contributed by atoms with Crippen LogP contribution in [0.2, 0.25) is 0 Å². The lowest BCUT2D eigenvalue weighted by Crippen LogP contribution is -2.50. The molecule has 1 saturated heterocycles. The molecule has 1 fully saturated rings. The Morgan fingerprint density at radius 2 is 1.76 bits per heavy atom. The molecular weight excluding hydrogens is 377 g/mol. The Bertz CT molecular complexity index is 477. The Morgan fingerprint density at radius 3 is 2.24 bits per heavy atom. The number of amides is 1. The van der Waals surface area contributed by atoms with Gasteiger partial charge in [-0.05, 0) is 32.0 Å². The third kappa shape index (κ3) is 5.02. The molecule has 0 radical (unpaired) electrons. The number of rotatable bonds is 2. The molecule has 4 nitrogen and oxygen atoms in total. The summed E-state index contributed by atoms with van der Waals surface area (Å²) in [6.45, 7) is 7.77. The van der Waals surface area contributed by atoms with Crippen molar-refractivity contribution in [3.63, 3.8) is 0 Å². The van der Waals surface area contributed by atoms with Crippen LogP contribution in [0.3, 0.4) is 0 Å². The normalized spacial score (nSPS) is 15.3. The Balaban J connectivity index is 0.00000200. The van der Waals surface area contributed by atoms with Crippen LogP contribution >= 0.6 is 40.7 Å². The Morgan fingerprint density at radius 1 is 1.19 bits per heavy atom. The number of nitrogens with two attached hydrogens (primary N) is 1. The minimum absolute atomic E-state index is 0. The zero-order chi connectivity index (χ0) is 14.0. The predicted molar refractivity (Wildman–Crippen MR) is 95.7 cm³/mol. The lowest BCUT2D eigenvalue weighted by Gasteiger charge is -2.37. The number of halogens is 3. The van der Waals surface area contributed by atoms with Gasteiger partial charge in [-0.25, -0.2) is 0 Å². The molecule has 0 saturated carbocycles. The van der Waals surface area contributed by atoms with Gasteiger partial charge in [0.25, 0.3) is 5.91 Å². The van der Waals surface area contributed by atoms with E-state index in [-0.39, 0.29) is 30.7 Å². The van der Waals surface area contributed by atoms with Crippen LogP contribution in [0.4, 0.5) is 5.69 Å². The lowest BCUT2D eigenvalue weighted by atomic mass is 10.1. The van der Waals surface area contributed by atoms with Crippen molar-refractivity contribution in [1.82, 2.24) is 9.80 Å². The second kappa shape index (κ2) is 8.83. The van der Waals surface area contributed by atoms with Crippen molar-refractivity contribution in [3.8, 4) is 0 Å². The van der Waals surface area contributed by atoms with Crippen molar-refractivity contribution in [3.05, 3.63) is 28.2 Å². The fourth-order valence-corrected chi connectivity index (χ4v) is 2.72. The monoisotopic (exact) mass is 397 g/mol. The first-order chi connectivity index (χ1) is 8.99. The molecule has 0 aromatic heterocycles. The second-order valence-electron chi connectivity index (χ2n) is 5.15. The van der Waals surface area contributed by atoms with Crippen molar-refractivity contribution in [2.24, 2.45) is 0 Å². The van der Waals surface area contributed by atoms with E-state index in [1.165, 1.54) is 0 Å². The smallest absolute Gasteiger partial charge is 0.256 e. The molecule has 1 aliphatic rings. The maximum Gasteiger partial charge on any atom is 0.256 e. The van der Waals surface area contributed by atoms with E-state index in [0.29, 0.717) is 17.3 Å². The Kier molecular flexibility index (Phi) is 8.63. The van der Waals surface area contributed by atoms with Crippen LogP contribution in [0.25, 0.3) is 0 Å². The predicted octanol–water partition coefficient (Wildman–Crippen LogP) is 3.04. The Labute approximate surface area is 147 Å². The molecule has 21 heavy (non-hydrogen) atoms. The number of carbonyl (C=O) groups excluding carboxylic acids is 1. The molecule has 1 aromatic carbocycles. The summed E-state index contributed by atoms with van der Waals surface area (Å²) in [6.07, 6.45) is 0. The third-order valence-electron chi connectivity index (χ3n) is 3.58. The second-order valence-corrected chi connectivity index (χ2v) is 6.07. The van der Waals surface area contributed by atoms with Gasteiger partial charge >= 0.3 is 0 Å². The summed E-state index contributed by atoms with van der Waals surface area (Å²) in [5.74, 6) is 0.0356. The molecule has 0 unspecified atom stereocenters. The van der Waals surface area contributed by atoms with E-state index in [1.807, 2.05) is 11.0 Å². The number of hydrogen-bond acceptors (Lipinski definition) is 3. The SMILES string of the molecule is CC(C)N1CCN(C(=O)c2ccc(Br)cc2N)CC1.Cl.Cl. The topological polar surface area (TPSA) is 49.6 Å². The van der Waals surface area contributed by atoms with Crippen LogP contribution in [-0.4, -0.2) is 47.9 Å². The number of benzene rings is 1. The van der Waals surface area contributed by atoms with Crippen LogP contribution < -0.4 is 5.73 Å². The summed E-state index contributed by atoms with van der Waals surface area (Å²) in [7, 11) is 0. The van der Waals surface area contributed by atoms with Gasteiger partial charge in [-0.1, -0.05) is 15.9 Å². The minimum Gasteiger partial charge on any atom is -0.398 e. The maximum atomic E-state index is 12.4. The molecule has 1 heterocycles. The molecule has 2 N–H and O–H groups in total. The largest absolute Gasteiger partial charge is 0.398 e. The number of nitrogen functional groups attached to an aromatic ring is 1. The summed E-state index contributed by atoms with van der Waals surface area (Å²) in [4.78, 5) is 16.7. The average Bonchev–Trinajstić information content (AvgIpc) is 2.38. The van der Waals surface area contributed by atoms with Gasteiger partial charge in [0.1, 0.15) is 0 Å². The van der Waals surface area contributed by atoms with Crippen LogP contribution in [0.5, 0.6) is 0 Å². The van der Waals surface area contributed by atoms with E-state index in [1.54, 1.807) is 12.1 Å². The van der Waals surface area contributed by atoms with Gasteiger partial charge in [0.2, 0.25) is 0 Å². The van der Waals surface area contributed by atoms with Crippen molar-refractivity contribution < 1.29 is 4.79 Å². The van der Waals surface area contributed by atoms with Crippen LogP contribution in [0.15, 0.2) is 22.7 Å². The van der Waals surface area contributed by atoms with Crippen molar-refractivity contribution in [1.29, 1.82) is 0 Å². The quantitative estimate of drug-likeness (QED) is 0.779. The zero-order valence-corrected chi connectivity index (χ0v) is 15.4. The molecule has 2 rings (SSSR count). The summed E-state index contributed by atoms with van der Waals surface area (Å²) in [5.41, 5.74) is 7.05. The molecule has 0 bridgehead atoms. The first kappa shape index (κ1) is 20.5. The highest BCUT2D eigenvalue weighted by atomic mass is 79.9. The average molecular weight is 399 g/mol.